The van der Waals surface area contributed by atoms with Gasteiger partial charge in [-0.1, -0.05) is 12.1 Å². The highest BCUT2D eigenvalue weighted by Crippen LogP contribution is 2.23. The van der Waals surface area contributed by atoms with Gasteiger partial charge in [-0.2, -0.15) is 0 Å². The minimum atomic E-state index is -1.19. The molecule has 6 heteroatoms. The van der Waals surface area contributed by atoms with E-state index in [0.717, 1.165) is 37.4 Å². The third-order valence-corrected chi connectivity index (χ3v) is 4.37. The first-order valence-corrected chi connectivity index (χ1v) is 7.97. The van der Waals surface area contributed by atoms with Gasteiger partial charge in [0.05, 0.1) is 17.0 Å². The summed E-state index contributed by atoms with van der Waals surface area (Å²) in [7, 11) is 0. The van der Waals surface area contributed by atoms with Gasteiger partial charge in [-0.3, -0.25) is 4.57 Å². The number of nitrogens with one attached hydrogen (secondary N) is 1. The molecule has 2 heterocycles. The van der Waals surface area contributed by atoms with E-state index in [-0.39, 0.29) is 5.56 Å². The first kappa shape index (κ1) is 14.7. The van der Waals surface area contributed by atoms with Crippen molar-refractivity contribution in [1.82, 2.24) is 14.9 Å². The van der Waals surface area contributed by atoms with Crippen molar-refractivity contribution < 1.29 is 9.90 Å². The second-order valence-corrected chi connectivity index (χ2v) is 5.86. The summed E-state index contributed by atoms with van der Waals surface area (Å²) in [6.45, 7) is 3.96. The molecular formula is C18H17N4O2-. The topological polar surface area (TPSA) is 73.2 Å². The molecule has 0 spiro atoms. The van der Waals surface area contributed by atoms with Gasteiger partial charge in [0.1, 0.15) is 6.33 Å². The van der Waals surface area contributed by atoms with Gasteiger partial charge in [-0.05, 0) is 35.9 Å². The van der Waals surface area contributed by atoms with Gasteiger partial charge >= 0.3 is 0 Å². The lowest BCUT2D eigenvalue weighted by molar-refractivity contribution is -0.255. The van der Waals surface area contributed by atoms with Crippen molar-refractivity contribution >= 4 is 22.7 Å². The second-order valence-electron chi connectivity index (χ2n) is 5.86. The second kappa shape index (κ2) is 5.98. The summed E-state index contributed by atoms with van der Waals surface area (Å²) >= 11 is 0. The fourth-order valence-electron chi connectivity index (χ4n) is 3.11. The number of carbonyl (C=O) groups is 1. The average Bonchev–Trinajstić information content (AvgIpc) is 3.06. The van der Waals surface area contributed by atoms with Crippen molar-refractivity contribution in [2.45, 2.75) is 0 Å². The molecule has 2 aromatic carbocycles. The molecule has 1 fully saturated rings. The number of aromatic carboxylic acids is 1. The summed E-state index contributed by atoms with van der Waals surface area (Å²) in [5.74, 6) is -1.19. The molecule has 1 aliphatic rings. The Balaban J connectivity index is 1.73. The van der Waals surface area contributed by atoms with Gasteiger partial charge in [-0.15, -0.1) is 0 Å². The summed E-state index contributed by atoms with van der Waals surface area (Å²) in [6, 6.07) is 13.2. The fraction of sp³-hybridized carbons (Fsp3) is 0.222. The van der Waals surface area contributed by atoms with Gasteiger partial charge in [0.25, 0.3) is 0 Å². The van der Waals surface area contributed by atoms with Crippen molar-refractivity contribution in [2.24, 2.45) is 0 Å². The first-order valence-electron chi connectivity index (χ1n) is 7.97. The normalized spacial score (nSPS) is 14.9. The number of fused-ring (bicyclic) bond motifs is 1. The van der Waals surface area contributed by atoms with E-state index in [4.69, 9.17) is 0 Å². The van der Waals surface area contributed by atoms with Crippen molar-refractivity contribution in [2.75, 3.05) is 31.1 Å². The van der Waals surface area contributed by atoms with Crippen molar-refractivity contribution in [3.05, 3.63) is 54.4 Å². The van der Waals surface area contributed by atoms with Crippen LogP contribution in [-0.4, -0.2) is 41.7 Å². The maximum atomic E-state index is 11.0. The molecule has 0 saturated carbocycles. The van der Waals surface area contributed by atoms with Crippen molar-refractivity contribution in [1.29, 1.82) is 0 Å². The van der Waals surface area contributed by atoms with Crippen molar-refractivity contribution in [3.63, 3.8) is 0 Å². The molecule has 4 rings (SSSR count). The standard InChI is InChI=1S/C18H18N4O2/c23-18(24)13-4-5-17-16(10-13)20-12-22(17)15-3-1-2-14(11-15)21-8-6-19-7-9-21/h1-5,10-12,19H,6-9H2,(H,23,24)/p-1. The molecule has 0 bridgehead atoms. The number of carbonyl (C=O) groups excluding carboxylic acids is 1. The number of hydrogen-bond acceptors (Lipinski definition) is 5. The largest absolute Gasteiger partial charge is 0.545 e. The molecule has 0 atom stereocenters. The molecule has 0 amide bonds. The molecule has 6 nitrogen and oxygen atoms in total. The number of carboxylic acid groups (broad SMARTS) is 1. The zero-order valence-electron chi connectivity index (χ0n) is 13.1. The number of piperazine rings is 1. The zero-order chi connectivity index (χ0) is 16.5. The molecule has 1 aromatic heterocycles. The molecule has 0 unspecified atom stereocenters. The quantitative estimate of drug-likeness (QED) is 0.772. The van der Waals surface area contributed by atoms with Gasteiger partial charge < -0.3 is 20.1 Å². The maximum absolute atomic E-state index is 11.0. The highest BCUT2D eigenvalue weighted by molar-refractivity contribution is 5.91. The Morgan fingerprint density at radius 3 is 2.67 bits per heavy atom. The minimum absolute atomic E-state index is 0.141. The van der Waals surface area contributed by atoms with Gasteiger partial charge in [0.15, 0.2) is 0 Å². The van der Waals surface area contributed by atoms with Crippen LogP contribution in [0.4, 0.5) is 5.69 Å². The summed E-state index contributed by atoms with van der Waals surface area (Å²) < 4.78 is 1.97. The van der Waals surface area contributed by atoms with Crippen LogP contribution in [0.5, 0.6) is 0 Å². The van der Waals surface area contributed by atoms with E-state index in [2.05, 4.69) is 27.3 Å². The Labute approximate surface area is 139 Å². The number of imidazole rings is 1. The molecule has 0 radical (unpaired) electrons. The predicted octanol–water partition coefficient (Wildman–Crippen LogP) is 0.799. The van der Waals surface area contributed by atoms with E-state index in [1.54, 1.807) is 24.5 Å². The summed E-state index contributed by atoms with van der Waals surface area (Å²) in [6.07, 6.45) is 1.72. The molecule has 1 aliphatic heterocycles. The summed E-state index contributed by atoms with van der Waals surface area (Å²) in [5, 5.41) is 14.3. The number of rotatable bonds is 3. The highest BCUT2D eigenvalue weighted by Gasteiger charge is 2.12. The Kier molecular flexibility index (Phi) is 3.66. The lowest BCUT2D eigenvalue weighted by Gasteiger charge is -2.29. The number of hydrogen-bond donors (Lipinski definition) is 1. The maximum Gasteiger partial charge on any atom is 0.100 e. The van der Waals surface area contributed by atoms with Crippen LogP contribution in [0.2, 0.25) is 0 Å². The van der Waals surface area contributed by atoms with Crippen LogP contribution < -0.4 is 15.3 Å². The van der Waals surface area contributed by atoms with Crippen LogP contribution in [0.15, 0.2) is 48.8 Å². The van der Waals surface area contributed by atoms with Crippen LogP contribution in [0.3, 0.4) is 0 Å². The van der Waals surface area contributed by atoms with E-state index in [1.807, 2.05) is 16.7 Å². The average molecular weight is 321 g/mol. The third-order valence-electron chi connectivity index (χ3n) is 4.37. The van der Waals surface area contributed by atoms with E-state index in [9.17, 15) is 9.90 Å². The summed E-state index contributed by atoms with van der Waals surface area (Å²) in [4.78, 5) is 17.7. The lowest BCUT2D eigenvalue weighted by Crippen LogP contribution is -2.43. The Hall–Kier alpha value is -2.86. The highest BCUT2D eigenvalue weighted by atomic mass is 16.4. The Morgan fingerprint density at radius 1 is 1.08 bits per heavy atom. The van der Waals surface area contributed by atoms with Crippen LogP contribution in [-0.2, 0) is 0 Å². The Morgan fingerprint density at radius 2 is 1.88 bits per heavy atom. The van der Waals surface area contributed by atoms with E-state index in [0.29, 0.717) is 5.52 Å². The summed E-state index contributed by atoms with van der Waals surface area (Å²) in [5.41, 5.74) is 3.85. The van der Waals surface area contributed by atoms with E-state index < -0.39 is 5.97 Å². The minimum Gasteiger partial charge on any atom is -0.545 e. The molecule has 1 N–H and O–H groups in total. The molecule has 1 saturated heterocycles. The van der Waals surface area contributed by atoms with Crippen LogP contribution in [0.25, 0.3) is 16.7 Å². The zero-order valence-corrected chi connectivity index (χ0v) is 13.1. The monoisotopic (exact) mass is 321 g/mol. The molecule has 24 heavy (non-hydrogen) atoms. The number of benzene rings is 2. The number of anilines is 1. The van der Waals surface area contributed by atoms with Crippen LogP contribution in [0.1, 0.15) is 10.4 Å². The molecule has 0 aliphatic carbocycles. The molecular weight excluding hydrogens is 304 g/mol. The van der Waals surface area contributed by atoms with Crippen LogP contribution in [0, 0.1) is 0 Å². The molecule has 122 valence electrons. The van der Waals surface area contributed by atoms with E-state index >= 15 is 0 Å². The van der Waals surface area contributed by atoms with Gasteiger partial charge in [-0.25, -0.2) is 4.98 Å². The van der Waals surface area contributed by atoms with Crippen molar-refractivity contribution in [3.8, 4) is 5.69 Å². The SMILES string of the molecule is O=C([O-])c1ccc2c(c1)ncn2-c1cccc(N2CCNCC2)c1. The van der Waals surface area contributed by atoms with Crippen LogP contribution >= 0.6 is 0 Å². The number of carboxylic acids is 1. The predicted molar refractivity (Wildman–Crippen MR) is 90.5 cm³/mol. The number of aromatic nitrogens is 2. The molecule has 3 aromatic rings. The smallest absolute Gasteiger partial charge is 0.100 e. The lowest BCUT2D eigenvalue weighted by atomic mass is 10.2. The number of nitrogens with zero attached hydrogens (tertiary/aromatic N) is 3. The van der Waals surface area contributed by atoms with Gasteiger partial charge in [0.2, 0.25) is 0 Å². The third kappa shape index (κ3) is 2.61. The van der Waals surface area contributed by atoms with E-state index in [1.165, 1.54) is 5.69 Å². The first-order chi connectivity index (χ1) is 11.7. The Bertz CT molecular complexity index is 897. The fourth-order valence-corrected chi connectivity index (χ4v) is 3.11. The van der Waals surface area contributed by atoms with Gasteiger partial charge in [0, 0.05) is 37.6 Å².